The molecule has 5 aromatic heterocycles. The van der Waals surface area contributed by atoms with Crippen LogP contribution < -0.4 is 10.5 Å². The molecule has 1 atom stereocenters. The highest BCUT2D eigenvalue weighted by Crippen LogP contribution is 2.34. The predicted octanol–water partition coefficient (Wildman–Crippen LogP) is 3.11. The molecule has 10 nitrogen and oxygen atoms in total. The molecule has 0 bridgehead atoms. The number of nitrogens with one attached hydrogen (secondary N) is 2. The van der Waals surface area contributed by atoms with Crippen molar-refractivity contribution in [1.82, 2.24) is 34.3 Å². The minimum atomic E-state index is -0.149. The first-order valence-electron chi connectivity index (χ1n) is 11.6. The van der Waals surface area contributed by atoms with E-state index in [2.05, 4.69) is 27.9 Å². The van der Waals surface area contributed by atoms with Crippen LogP contribution in [0.5, 0.6) is 0 Å². The highest BCUT2D eigenvalue weighted by atomic mass is 16.5. The van der Waals surface area contributed by atoms with Gasteiger partial charge in [0.05, 0.1) is 59.5 Å². The second-order valence-corrected chi connectivity index (χ2v) is 8.86. The fraction of sp³-hybridized carbons (Fsp3) is 0.280. The Labute approximate surface area is 201 Å². The van der Waals surface area contributed by atoms with Gasteiger partial charge in [-0.1, -0.05) is 0 Å². The molecule has 10 heteroatoms. The molecule has 2 N–H and O–H groups in total. The highest BCUT2D eigenvalue weighted by Gasteiger charge is 2.25. The molecule has 6 rings (SSSR count). The van der Waals surface area contributed by atoms with Crippen molar-refractivity contribution in [3.8, 4) is 28.2 Å². The van der Waals surface area contributed by atoms with Crippen LogP contribution in [0.2, 0.25) is 0 Å². The Morgan fingerprint density at radius 2 is 2.06 bits per heavy atom. The number of morpholine rings is 1. The number of fused-ring (bicyclic) bond motifs is 1. The number of nitrogens with zero attached hydrogens (tertiary/aromatic N) is 6. The molecule has 1 aliphatic rings. The van der Waals surface area contributed by atoms with Crippen LogP contribution in [0.1, 0.15) is 18.3 Å². The van der Waals surface area contributed by atoms with Gasteiger partial charge in [-0.05, 0) is 39.0 Å². The lowest BCUT2D eigenvalue weighted by molar-refractivity contribution is 0.0985. The van der Waals surface area contributed by atoms with Crippen LogP contribution in [0.4, 0.5) is 5.82 Å². The van der Waals surface area contributed by atoms with Crippen LogP contribution >= 0.6 is 0 Å². The summed E-state index contributed by atoms with van der Waals surface area (Å²) >= 11 is 0. The van der Waals surface area contributed by atoms with Crippen LogP contribution in [0.25, 0.3) is 33.8 Å². The fourth-order valence-corrected chi connectivity index (χ4v) is 4.83. The van der Waals surface area contributed by atoms with Gasteiger partial charge in [0.15, 0.2) is 5.65 Å². The van der Waals surface area contributed by atoms with Gasteiger partial charge < -0.3 is 19.6 Å². The van der Waals surface area contributed by atoms with Gasteiger partial charge in [0.25, 0.3) is 0 Å². The SMILES string of the molecule is Cc1nn(-c2ccc(=O)[nH]c2)c(C)c1-c1cc(N2CCOC[C@H]2C)nc2c(-c3ccc[nH]3)cnn12. The maximum atomic E-state index is 11.6. The molecule has 1 aliphatic heterocycles. The smallest absolute Gasteiger partial charge is 0.248 e. The molecule has 178 valence electrons. The summed E-state index contributed by atoms with van der Waals surface area (Å²) in [7, 11) is 0. The summed E-state index contributed by atoms with van der Waals surface area (Å²) in [4.78, 5) is 24.9. The number of hydrogen-bond acceptors (Lipinski definition) is 6. The molecule has 0 aliphatic carbocycles. The van der Waals surface area contributed by atoms with E-state index in [0.29, 0.717) is 13.2 Å². The molecule has 0 radical (unpaired) electrons. The Bertz CT molecular complexity index is 1560. The van der Waals surface area contributed by atoms with Crippen LogP contribution in [-0.4, -0.2) is 60.1 Å². The minimum absolute atomic E-state index is 0.149. The van der Waals surface area contributed by atoms with Crippen LogP contribution in [-0.2, 0) is 4.74 Å². The maximum Gasteiger partial charge on any atom is 0.248 e. The Kier molecular flexibility index (Phi) is 5.03. The number of pyridine rings is 1. The third-order valence-corrected chi connectivity index (χ3v) is 6.57. The lowest BCUT2D eigenvalue weighted by Gasteiger charge is -2.34. The molecule has 1 fully saturated rings. The van der Waals surface area contributed by atoms with Crippen LogP contribution in [0.15, 0.2) is 53.7 Å². The van der Waals surface area contributed by atoms with E-state index in [-0.39, 0.29) is 11.6 Å². The number of aryl methyl sites for hydroxylation is 1. The summed E-state index contributed by atoms with van der Waals surface area (Å²) in [5.41, 5.74) is 7.00. The van der Waals surface area contributed by atoms with Gasteiger partial charge in [-0.15, -0.1) is 0 Å². The zero-order chi connectivity index (χ0) is 24.1. The maximum absolute atomic E-state index is 11.6. The lowest BCUT2D eigenvalue weighted by atomic mass is 10.1. The standard InChI is InChI=1S/C25H26N8O2/c1-15-14-35-10-9-31(15)22-11-21(33-25(29-22)19(13-28-33)20-5-4-8-26-20)24-16(2)30-32(17(24)3)18-6-7-23(34)27-12-18/h4-8,11-13,15,26H,9-10,14H2,1-3H3,(H,27,34)/t15-/m1/s1. The number of rotatable bonds is 4. The van der Waals surface area contributed by atoms with E-state index in [1.165, 1.54) is 6.07 Å². The average Bonchev–Trinajstić information content (AvgIpc) is 3.59. The highest BCUT2D eigenvalue weighted by molar-refractivity contribution is 5.80. The zero-order valence-electron chi connectivity index (χ0n) is 19.8. The van der Waals surface area contributed by atoms with Crippen molar-refractivity contribution in [2.75, 3.05) is 24.7 Å². The zero-order valence-corrected chi connectivity index (χ0v) is 19.8. The number of anilines is 1. The van der Waals surface area contributed by atoms with Gasteiger partial charge in [-0.25, -0.2) is 14.2 Å². The van der Waals surface area contributed by atoms with E-state index in [4.69, 9.17) is 19.9 Å². The first kappa shape index (κ1) is 21.4. The average molecular weight is 471 g/mol. The second-order valence-electron chi connectivity index (χ2n) is 8.86. The quantitative estimate of drug-likeness (QED) is 0.418. The number of hydrogen-bond donors (Lipinski definition) is 2. The Morgan fingerprint density at radius 1 is 1.17 bits per heavy atom. The monoisotopic (exact) mass is 470 g/mol. The topological polar surface area (TPSA) is 109 Å². The molecule has 0 amide bonds. The van der Waals surface area contributed by atoms with Gasteiger partial charge in [0.1, 0.15) is 5.82 Å². The number of aromatic amines is 2. The summed E-state index contributed by atoms with van der Waals surface area (Å²) in [6, 6.07) is 9.55. The van der Waals surface area contributed by atoms with Crippen molar-refractivity contribution in [2.45, 2.75) is 26.8 Å². The second kappa shape index (κ2) is 8.24. The predicted molar refractivity (Wildman–Crippen MR) is 133 cm³/mol. The van der Waals surface area contributed by atoms with E-state index in [1.54, 1.807) is 12.3 Å². The summed E-state index contributed by atoms with van der Waals surface area (Å²) in [5.74, 6) is 0.882. The van der Waals surface area contributed by atoms with Gasteiger partial charge in [0, 0.05) is 36.6 Å². The summed E-state index contributed by atoms with van der Waals surface area (Å²) in [5, 5.41) is 9.54. The summed E-state index contributed by atoms with van der Waals surface area (Å²) in [6.45, 7) is 8.26. The van der Waals surface area contributed by atoms with Crippen LogP contribution in [0.3, 0.4) is 0 Å². The Hall–Kier alpha value is -4.18. The molecule has 0 saturated carbocycles. The third-order valence-electron chi connectivity index (χ3n) is 6.57. The lowest BCUT2D eigenvalue weighted by Crippen LogP contribution is -2.44. The van der Waals surface area contributed by atoms with E-state index in [9.17, 15) is 4.79 Å². The molecule has 1 saturated heterocycles. The van der Waals surface area contributed by atoms with Crippen molar-refractivity contribution in [2.24, 2.45) is 0 Å². The normalized spacial score (nSPS) is 16.3. The van der Waals surface area contributed by atoms with Gasteiger partial charge in [0.2, 0.25) is 5.56 Å². The Morgan fingerprint density at radius 3 is 2.80 bits per heavy atom. The largest absolute Gasteiger partial charge is 0.377 e. The number of aromatic nitrogens is 7. The number of ether oxygens (including phenoxy) is 1. The molecular formula is C25H26N8O2. The van der Waals surface area contributed by atoms with E-state index >= 15 is 0 Å². The third kappa shape index (κ3) is 3.53. The van der Waals surface area contributed by atoms with Crippen molar-refractivity contribution in [3.05, 3.63) is 70.7 Å². The fourth-order valence-electron chi connectivity index (χ4n) is 4.83. The van der Waals surface area contributed by atoms with Crippen molar-refractivity contribution in [1.29, 1.82) is 0 Å². The van der Waals surface area contributed by atoms with E-state index in [0.717, 1.165) is 57.6 Å². The van der Waals surface area contributed by atoms with E-state index in [1.807, 2.05) is 47.6 Å². The van der Waals surface area contributed by atoms with Gasteiger partial charge in [-0.2, -0.15) is 10.2 Å². The molecule has 0 aromatic carbocycles. The van der Waals surface area contributed by atoms with Gasteiger partial charge >= 0.3 is 0 Å². The molecule has 0 unspecified atom stereocenters. The first-order valence-corrected chi connectivity index (χ1v) is 11.6. The minimum Gasteiger partial charge on any atom is -0.377 e. The summed E-state index contributed by atoms with van der Waals surface area (Å²) in [6.07, 6.45) is 5.42. The Balaban J connectivity index is 1.59. The van der Waals surface area contributed by atoms with E-state index < -0.39 is 0 Å². The van der Waals surface area contributed by atoms with Crippen molar-refractivity contribution >= 4 is 11.5 Å². The van der Waals surface area contributed by atoms with Gasteiger partial charge in [-0.3, -0.25) is 4.79 Å². The van der Waals surface area contributed by atoms with Crippen molar-refractivity contribution < 1.29 is 4.74 Å². The molecule has 35 heavy (non-hydrogen) atoms. The molecule has 0 spiro atoms. The molecular weight excluding hydrogens is 444 g/mol. The molecule has 6 heterocycles. The van der Waals surface area contributed by atoms with Crippen molar-refractivity contribution in [3.63, 3.8) is 0 Å². The first-order chi connectivity index (χ1) is 17.0. The summed E-state index contributed by atoms with van der Waals surface area (Å²) < 4.78 is 9.41. The molecule has 5 aromatic rings. The number of H-pyrrole nitrogens is 2. The van der Waals surface area contributed by atoms with Crippen LogP contribution in [0, 0.1) is 13.8 Å².